The molecule has 0 spiro atoms. The van der Waals surface area contributed by atoms with Crippen LogP contribution in [-0.2, 0) is 6.61 Å². The molecule has 0 atom stereocenters. The van der Waals surface area contributed by atoms with Crippen LogP contribution in [-0.4, -0.2) is 5.11 Å². The lowest BCUT2D eigenvalue weighted by Gasteiger charge is -2.08. The van der Waals surface area contributed by atoms with Crippen molar-refractivity contribution in [2.45, 2.75) is 6.61 Å². The summed E-state index contributed by atoms with van der Waals surface area (Å²) in [5.74, 6) is 1.22. The van der Waals surface area contributed by atoms with Gasteiger partial charge in [0.05, 0.1) is 18.2 Å². The van der Waals surface area contributed by atoms with E-state index in [2.05, 4.69) is 0 Å². The maximum Gasteiger partial charge on any atom is 0.127 e. The number of ether oxygens (including phenoxy) is 1. The number of nitrogens with zero attached hydrogens (tertiary/aromatic N) is 1. The molecule has 0 aliphatic heterocycles. The summed E-state index contributed by atoms with van der Waals surface area (Å²) in [5.41, 5.74) is 7.42. The fourth-order valence-corrected chi connectivity index (χ4v) is 1.52. The second-order valence-corrected chi connectivity index (χ2v) is 3.76. The molecule has 4 nitrogen and oxygen atoms in total. The first-order valence-corrected chi connectivity index (χ1v) is 5.40. The number of halogens is 1. The highest BCUT2D eigenvalue weighted by Gasteiger charge is 2.02. The molecule has 0 aliphatic carbocycles. The van der Waals surface area contributed by atoms with Gasteiger partial charge in [0.25, 0.3) is 0 Å². The molecular weight excluding hydrogens is 264 g/mol. The molecule has 0 saturated carbocycles. The summed E-state index contributed by atoms with van der Waals surface area (Å²) < 4.78 is 5.60. The largest absolute Gasteiger partial charge is 0.457 e. The third-order valence-electron chi connectivity index (χ3n) is 2.50. The average molecular weight is 277 g/mol. The second kappa shape index (κ2) is 6.64. The van der Waals surface area contributed by atoms with E-state index in [4.69, 9.17) is 20.8 Å². The van der Waals surface area contributed by atoms with E-state index in [1.54, 1.807) is 42.5 Å². The van der Waals surface area contributed by atoms with E-state index in [0.717, 1.165) is 0 Å². The van der Waals surface area contributed by atoms with E-state index < -0.39 is 0 Å². The molecule has 0 aromatic heterocycles. The van der Waals surface area contributed by atoms with Crippen molar-refractivity contribution in [2.75, 3.05) is 5.73 Å². The molecular formula is C14H13ClN2O2. The number of anilines is 1. The van der Waals surface area contributed by atoms with Crippen molar-refractivity contribution in [1.29, 1.82) is 5.26 Å². The normalized spacial score (nSPS) is 9.26. The van der Waals surface area contributed by atoms with Crippen LogP contribution in [0.2, 0.25) is 0 Å². The summed E-state index contributed by atoms with van der Waals surface area (Å²) in [4.78, 5) is 0. The minimum Gasteiger partial charge on any atom is -0.457 e. The smallest absolute Gasteiger partial charge is 0.127 e. The van der Waals surface area contributed by atoms with Gasteiger partial charge in [0.2, 0.25) is 0 Å². The van der Waals surface area contributed by atoms with Gasteiger partial charge in [0.1, 0.15) is 11.5 Å². The molecule has 98 valence electrons. The maximum atomic E-state index is 9.11. The van der Waals surface area contributed by atoms with E-state index in [1.165, 1.54) is 0 Å². The van der Waals surface area contributed by atoms with E-state index >= 15 is 0 Å². The van der Waals surface area contributed by atoms with Crippen molar-refractivity contribution >= 4 is 18.1 Å². The van der Waals surface area contributed by atoms with Crippen molar-refractivity contribution in [1.82, 2.24) is 0 Å². The van der Waals surface area contributed by atoms with Crippen LogP contribution < -0.4 is 10.5 Å². The van der Waals surface area contributed by atoms with Crippen molar-refractivity contribution in [3.63, 3.8) is 0 Å². The van der Waals surface area contributed by atoms with Gasteiger partial charge < -0.3 is 15.6 Å². The minimum atomic E-state index is -0.129. The van der Waals surface area contributed by atoms with Gasteiger partial charge in [-0.3, -0.25) is 0 Å². The van der Waals surface area contributed by atoms with Crippen LogP contribution in [0.4, 0.5) is 5.69 Å². The first kappa shape index (κ1) is 14.8. The molecule has 2 aromatic carbocycles. The van der Waals surface area contributed by atoms with Gasteiger partial charge >= 0.3 is 0 Å². The van der Waals surface area contributed by atoms with Crippen LogP contribution in [0.5, 0.6) is 11.5 Å². The Balaban J connectivity index is 0.00000180. The number of nitriles is 1. The van der Waals surface area contributed by atoms with Crippen LogP contribution in [0.15, 0.2) is 42.5 Å². The molecule has 0 radical (unpaired) electrons. The highest BCUT2D eigenvalue weighted by molar-refractivity contribution is 5.85. The Morgan fingerprint density at radius 2 is 1.74 bits per heavy atom. The molecule has 0 fully saturated rings. The highest BCUT2D eigenvalue weighted by atomic mass is 35.5. The fourth-order valence-electron chi connectivity index (χ4n) is 1.52. The Kier molecular flexibility index (Phi) is 5.19. The van der Waals surface area contributed by atoms with Gasteiger partial charge in [-0.05, 0) is 42.5 Å². The standard InChI is InChI=1S/C14H12N2O2.ClH/c15-8-10-1-3-12(4-2-10)18-13-5-6-14(16)11(7-13)9-17;/h1-7,17H,9,16H2;1H. The second-order valence-electron chi connectivity index (χ2n) is 3.76. The topological polar surface area (TPSA) is 79.3 Å². The van der Waals surface area contributed by atoms with Crippen LogP contribution in [0.3, 0.4) is 0 Å². The molecule has 0 saturated heterocycles. The van der Waals surface area contributed by atoms with Gasteiger partial charge in [-0.15, -0.1) is 12.4 Å². The molecule has 3 N–H and O–H groups in total. The SMILES string of the molecule is Cl.N#Cc1ccc(Oc2ccc(N)c(CO)c2)cc1. The van der Waals surface area contributed by atoms with Crippen molar-refractivity contribution in [3.05, 3.63) is 53.6 Å². The van der Waals surface area contributed by atoms with Crippen LogP contribution in [0.25, 0.3) is 0 Å². The Morgan fingerprint density at radius 3 is 2.32 bits per heavy atom. The Morgan fingerprint density at radius 1 is 1.11 bits per heavy atom. The van der Waals surface area contributed by atoms with Crippen LogP contribution >= 0.6 is 12.4 Å². The first-order valence-electron chi connectivity index (χ1n) is 5.40. The summed E-state index contributed by atoms with van der Waals surface area (Å²) in [6.07, 6.45) is 0. The summed E-state index contributed by atoms with van der Waals surface area (Å²) in [5, 5.41) is 17.8. The van der Waals surface area contributed by atoms with Crippen LogP contribution in [0, 0.1) is 11.3 Å². The van der Waals surface area contributed by atoms with Crippen LogP contribution in [0.1, 0.15) is 11.1 Å². The van der Waals surface area contributed by atoms with Gasteiger partial charge in [0, 0.05) is 11.3 Å². The molecule has 0 amide bonds. The number of aliphatic hydroxyl groups excluding tert-OH is 1. The highest BCUT2D eigenvalue weighted by Crippen LogP contribution is 2.25. The monoisotopic (exact) mass is 276 g/mol. The Hall–Kier alpha value is -2.22. The van der Waals surface area contributed by atoms with Gasteiger partial charge in [-0.1, -0.05) is 0 Å². The average Bonchev–Trinajstić information content (AvgIpc) is 2.42. The van der Waals surface area contributed by atoms with Crippen molar-refractivity contribution in [2.24, 2.45) is 0 Å². The van der Waals surface area contributed by atoms with E-state index in [9.17, 15) is 0 Å². The lowest BCUT2D eigenvalue weighted by molar-refractivity contribution is 0.282. The number of nitrogen functional groups attached to an aromatic ring is 1. The molecule has 19 heavy (non-hydrogen) atoms. The molecule has 0 aliphatic rings. The summed E-state index contributed by atoms with van der Waals surface area (Å²) in [6.45, 7) is -0.129. The molecule has 5 heteroatoms. The summed E-state index contributed by atoms with van der Waals surface area (Å²) >= 11 is 0. The molecule has 0 heterocycles. The molecule has 2 aromatic rings. The van der Waals surface area contributed by atoms with Gasteiger partial charge in [0.15, 0.2) is 0 Å². The summed E-state index contributed by atoms with van der Waals surface area (Å²) in [6, 6.07) is 13.9. The zero-order valence-corrected chi connectivity index (χ0v) is 10.9. The number of rotatable bonds is 3. The molecule has 0 unspecified atom stereocenters. The number of hydrogen-bond donors (Lipinski definition) is 2. The summed E-state index contributed by atoms with van der Waals surface area (Å²) in [7, 11) is 0. The predicted molar refractivity (Wildman–Crippen MR) is 75.3 cm³/mol. The van der Waals surface area contributed by atoms with E-state index in [-0.39, 0.29) is 19.0 Å². The molecule has 0 bridgehead atoms. The number of aliphatic hydroxyl groups is 1. The third-order valence-corrected chi connectivity index (χ3v) is 2.50. The first-order chi connectivity index (χ1) is 8.72. The van der Waals surface area contributed by atoms with Crippen molar-refractivity contribution < 1.29 is 9.84 Å². The molecule has 2 rings (SSSR count). The Labute approximate surface area is 117 Å². The predicted octanol–water partition coefficient (Wildman–Crippen LogP) is 2.85. The van der Waals surface area contributed by atoms with E-state index in [1.807, 2.05) is 6.07 Å². The number of nitrogens with two attached hydrogens (primary N) is 1. The quantitative estimate of drug-likeness (QED) is 0.845. The number of benzene rings is 2. The Bertz CT molecular complexity index is 591. The third kappa shape index (κ3) is 3.62. The van der Waals surface area contributed by atoms with Crippen molar-refractivity contribution in [3.8, 4) is 17.6 Å². The lowest BCUT2D eigenvalue weighted by Crippen LogP contribution is -1.94. The van der Waals surface area contributed by atoms with Gasteiger partial charge in [-0.25, -0.2) is 0 Å². The van der Waals surface area contributed by atoms with Gasteiger partial charge in [-0.2, -0.15) is 5.26 Å². The fraction of sp³-hybridized carbons (Fsp3) is 0.0714. The van der Waals surface area contributed by atoms with E-state index in [0.29, 0.717) is 28.3 Å². The zero-order valence-electron chi connectivity index (χ0n) is 10.0. The number of hydrogen-bond acceptors (Lipinski definition) is 4. The minimum absolute atomic E-state index is 0. The lowest BCUT2D eigenvalue weighted by atomic mass is 10.2. The maximum absolute atomic E-state index is 9.11. The zero-order chi connectivity index (χ0) is 13.0.